The second kappa shape index (κ2) is 7.80. The van der Waals surface area contributed by atoms with Crippen LogP contribution in [0.4, 0.5) is 36.4 Å². The highest BCUT2D eigenvalue weighted by Crippen LogP contribution is 2.55. The highest BCUT2D eigenvalue weighted by Gasteiger charge is 2.73. The number of nitrogens with two attached hydrogens (primary N) is 1. The van der Waals surface area contributed by atoms with Gasteiger partial charge >= 0.3 is 18.0 Å². The van der Waals surface area contributed by atoms with E-state index in [2.05, 4.69) is 31.9 Å². The molecule has 0 saturated heterocycles. The van der Waals surface area contributed by atoms with Crippen molar-refractivity contribution in [2.45, 2.75) is 18.0 Å². The van der Waals surface area contributed by atoms with Crippen molar-refractivity contribution < 1.29 is 40.5 Å². The number of benzene rings is 2. The topological polar surface area (TPSA) is 86.2 Å². The number of nitro groups is 1. The van der Waals surface area contributed by atoms with E-state index in [-0.39, 0.29) is 17.7 Å². The molecular weight excluding hydrogens is 561 g/mol. The van der Waals surface area contributed by atoms with E-state index in [0.29, 0.717) is 0 Å². The molecule has 0 aliphatic carbocycles. The zero-order chi connectivity index (χ0) is 23.2. The Kier molecular flexibility index (Phi) is 6.25. The van der Waals surface area contributed by atoms with Gasteiger partial charge in [-0.2, -0.15) is 26.3 Å². The lowest BCUT2D eigenvalue weighted by atomic mass is 9.90. The second-order valence-corrected chi connectivity index (χ2v) is 7.50. The number of alkyl halides is 7. The van der Waals surface area contributed by atoms with E-state index >= 15 is 0 Å². The van der Waals surface area contributed by atoms with Crippen LogP contribution in [0.5, 0.6) is 0 Å². The Balaban J connectivity index is 2.92. The molecule has 0 heterocycles. The van der Waals surface area contributed by atoms with E-state index in [0.717, 1.165) is 18.2 Å². The first-order chi connectivity index (χ1) is 13.5. The van der Waals surface area contributed by atoms with Crippen molar-refractivity contribution in [1.82, 2.24) is 0 Å². The summed E-state index contributed by atoms with van der Waals surface area (Å²) in [5.41, 5.74) is -4.36. The van der Waals surface area contributed by atoms with Crippen molar-refractivity contribution in [3.8, 4) is 11.1 Å². The van der Waals surface area contributed by atoms with Gasteiger partial charge in [-0.1, -0.05) is 37.9 Å². The molecule has 0 unspecified atom stereocenters. The maximum atomic E-state index is 14.4. The Hall–Kier alpha value is -2.22. The smallest absolute Gasteiger partial charge is 0.366 e. The van der Waals surface area contributed by atoms with E-state index in [1.165, 1.54) is 0 Å². The van der Waals surface area contributed by atoms with E-state index in [4.69, 9.17) is 5.73 Å². The monoisotopic (exact) mass is 566 g/mol. The van der Waals surface area contributed by atoms with E-state index in [9.17, 15) is 45.6 Å². The molecule has 0 aliphatic rings. The predicted molar refractivity (Wildman–Crippen MR) is 97.3 cm³/mol. The van der Waals surface area contributed by atoms with Crippen LogP contribution in [-0.2, 0) is 5.67 Å². The van der Waals surface area contributed by atoms with Gasteiger partial charge in [0.05, 0.1) is 16.1 Å². The number of amides is 1. The molecule has 30 heavy (non-hydrogen) atoms. The van der Waals surface area contributed by atoms with Crippen LogP contribution in [0.1, 0.15) is 15.9 Å². The van der Waals surface area contributed by atoms with Crippen molar-refractivity contribution in [2.75, 3.05) is 0 Å². The normalized spacial score (nSPS) is 12.7. The van der Waals surface area contributed by atoms with Crippen molar-refractivity contribution >= 4 is 43.5 Å². The summed E-state index contributed by atoms with van der Waals surface area (Å²) in [6, 6.07) is 3.49. The van der Waals surface area contributed by atoms with Crippen molar-refractivity contribution in [3.63, 3.8) is 0 Å². The lowest BCUT2D eigenvalue weighted by Gasteiger charge is -2.31. The Labute approximate surface area is 179 Å². The summed E-state index contributed by atoms with van der Waals surface area (Å²) in [4.78, 5) is 22.1. The largest absolute Gasteiger partial charge is 0.435 e. The first kappa shape index (κ1) is 24.1. The molecule has 2 aromatic rings. The molecule has 0 atom stereocenters. The van der Waals surface area contributed by atoms with Crippen LogP contribution in [0.3, 0.4) is 0 Å². The molecule has 0 aliphatic heterocycles. The number of nitrogens with zero attached hydrogens (tertiary/aromatic N) is 1. The van der Waals surface area contributed by atoms with Gasteiger partial charge in [-0.3, -0.25) is 14.9 Å². The van der Waals surface area contributed by atoms with Crippen LogP contribution < -0.4 is 5.73 Å². The van der Waals surface area contributed by atoms with Gasteiger partial charge < -0.3 is 5.73 Å². The minimum Gasteiger partial charge on any atom is -0.366 e. The predicted octanol–water partition coefficient (Wildman–Crippen LogP) is 6.18. The lowest BCUT2D eigenvalue weighted by Crippen LogP contribution is -2.50. The summed E-state index contributed by atoms with van der Waals surface area (Å²) in [7, 11) is 0. The summed E-state index contributed by atoms with van der Waals surface area (Å²) in [5.74, 6) is -1.15. The molecule has 162 valence electrons. The summed E-state index contributed by atoms with van der Waals surface area (Å²) < 4.78 is 91.4. The molecule has 1 amide bonds. The lowest BCUT2D eigenvalue weighted by molar-refractivity contribution is -0.384. The Morgan fingerprint density at radius 1 is 0.933 bits per heavy atom. The van der Waals surface area contributed by atoms with E-state index in [1.54, 1.807) is 0 Å². The quantitative estimate of drug-likeness (QED) is 0.272. The number of hydrogen-bond donors (Lipinski definition) is 1. The number of hydrogen-bond acceptors (Lipinski definition) is 3. The number of carbonyl (C=O) groups is 1. The van der Waals surface area contributed by atoms with Crippen LogP contribution in [0.25, 0.3) is 11.1 Å². The summed E-state index contributed by atoms with van der Waals surface area (Å²) in [5, 5.41) is 11.3. The standard InChI is InChI=1S/C16H7Br2F7N2O3/c17-8-4-6(14(19,15(20,21)22)16(23,24)25)5-9(18)12(8)11-7(13(26)28)2-1-3-10(11)27(29)30/h1-5H,(H2,26,28). The fraction of sp³-hybridized carbons (Fsp3) is 0.188. The van der Waals surface area contributed by atoms with Gasteiger partial charge in [0.15, 0.2) is 0 Å². The minimum absolute atomic E-state index is 0.183. The van der Waals surface area contributed by atoms with Crippen LogP contribution in [0, 0.1) is 10.1 Å². The first-order valence-electron chi connectivity index (χ1n) is 7.43. The van der Waals surface area contributed by atoms with Gasteiger partial charge in [-0.25, -0.2) is 4.39 Å². The maximum Gasteiger partial charge on any atom is 0.435 e. The average molecular weight is 568 g/mol. The van der Waals surface area contributed by atoms with E-state index < -0.39 is 60.2 Å². The average Bonchev–Trinajstić information content (AvgIpc) is 2.57. The van der Waals surface area contributed by atoms with Crippen LogP contribution >= 0.6 is 31.9 Å². The molecule has 0 fully saturated rings. The van der Waals surface area contributed by atoms with Gasteiger partial charge in [0.2, 0.25) is 5.91 Å². The van der Waals surface area contributed by atoms with Gasteiger partial charge in [-0.15, -0.1) is 0 Å². The number of primary amides is 1. The second-order valence-electron chi connectivity index (χ2n) is 5.79. The van der Waals surface area contributed by atoms with Crippen molar-refractivity contribution in [1.29, 1.82) is 0 Å². The maximum absolute atomic E-state index is 14.4. The number of halogens is 9. The van der Waals surface area contributed by atoms with Crippen LogP contribution in [-0.4, -0.2) is 23.2 Å². The van der Waals surface area contributed by atoms with Crippen molar-refractivity contribution in [2.24, 2.45) is 5.73 Å². The third-order valence-corrected chi connectivity index (χ3v) is 5.23. The Bertz CT molecular complexity index is 969. The van der Waals surface area contributed by atoms with E-state index in [1.807, 2.05) is 0 Å². The number of nitro benzene ring substituents is 1. The van der Waals surface area contributed by atoms with Crippen molar-refractivity contribution in [3.05, 3.63) is 60.5 Å². The summed E-state index contributed by atoms with van der Waals surface area (Å²) in [6.07, 6.45) is -12.7. The Morgan fingerprint density at radius 2 is 1.40 bits per heavy atom. The third-order valence-electron chi connectivity index (χ3n) is 3.98. The SMILES string of the molecule is NC(=O)c1cccc([N+](=O)[O-])c1-c1c(Br)cc(C(F)(C(F)(F)F)C(F)(F)F)cc1Br. The summed E-state index contributed by atoms with van der Waals surface area (Å²) in [6.45, 7) is 0. The molecular formula is C16H7Br2F7N2O3. The molecule has 0 saturated carbocycles. The minimum atomic E-state index is -6.36. The summed E-state index contributed by atoms with van der Waals surface area (Å²) >= 11 is 5.44. The molecule has 5 nitrogen and oxygen atoms in total. The molecule has 0 spiro atoms. The fourth-order valence-corrected chi connectivity index (χ4v) is 4.24. The zero-order valence-corrected chi connectivity index (χ0v) is 17.2. The molecule has 14 heteroatoms. The van der Waals surface area contributed by atoms with Crippen LogP contribution in [0.2, 0.25) is 0 Å². The third kappa shape index (κ3) is 3.89. The molecule has 0 aromatic heterocycles. The molecule has 2 rings (SSSR count). The molecule has 0 radical (unpaired) electrons. The van der Waals surface area contributed by atoms with Gasteiger partial charge in [0.1, 0.15) is 0 Å². The van der Waals surface area contributed by atoms with Gasteiger partial charge in [-0.05, 0) is 18.2 Å². The first-order valence-corrected chi connectivity index (χ1v) is 9.02. The highest BCUT2D eigenvalue weighted by molar-refractivity contribution is 9.11. The molecule has 2 N–H and O–H groups in total. The fourth-order valence-electron chi connectivity index (χ4n) is 2.66. The molecule has 2 aromatic carbocycles. The number of rotatable bonds is 4. The number of carbonyl (C=O) groups excluding carboxylic acids is 1. The highest BCUT2D eigenvalue weighted by atomic mass is 79.9. The Morgan fingerprint density at radius 3 is 1.77 bits per heavy atom. The van der Waals surface area contributed by atoms with Crippen LogP contribution in [0.15, 0.2) is 39.3 Å². The van der Waals surface area contributed by atoms with Gasteiger partial charge in [0, 0.05) is 26.1 Å². The molecule has 0 bridgehead atoms. The zero-order valence-electron chi connectivity index (χ0n) is 14.0. The van der Waals surface area contributed by atoms with Gasteiger partial charge in [0.25, 0.3) is 5.69 Å².